The molecule has 1 aromatic heterocycles. The molecule has 3 aromatic rings. The topological polar surface area (TPSA) is 191 Å². The number of anilines is 1. The lowest BCUT2D eigenvalue weighted by Gasteiger charge is -2.48. The van der Waals surface area contributed by atoms with Crippen LogP contribution in [0.4, 0.5) is 18.9 Å². The van der Waals surface area contributed by atoms with Gasteiger partial charge in [0, 0.05) is 62.6 Å². The molecule has 2 saturated heterocycles. The van der Waals surface area contributed by atoms with Crippen LogP contribution in [-0.4, -0.2) is 103 Å². The summed E-state index contributed by atoms with van der Waals surface area (Å²) in [5.74, 6) is -10.9. The highest BCUT2D eigenvalue weighted by Crippen LogP contribution is 2.49. The average molecular weight is 765 g/mol. The number of para-hydroxylation sites is 1. The third kappa shape index (κ3) is 9.17. The molecule has 5 rings (SSSR count). The standard InChI is InChI=1S/C35H39F3N4O10S/c1-3-41(21-7-5-4-6-8-21)33(48)32(35(49)9-11-50-12-10-35)53-34-23(16-29(46)47)31(22(15-28(44)45)27(52-34)18-51-19(2)43)42-17-26(39-40-42)20-13-24(36)30(38)25(37)14-20/h4-8,13-14,17,22-23,27,31-32,34,49H,3,9-12,15-16,18H2,1-2H3,(H,44,45)(H,46,47)/t22-,23+,27-,31-,32?,34-/m0/s1. The van der Waals surface area contributed by atoms with Gasteiger partial charge in [-0.2, -0.15) is 0 Å². The molecule has 1 unspecified atom stereocenters. The minimum Gasteiger partial charge on any atom is -0.481 e. The first-order chi connectivity index (χ1) is 25.2. The summed E-state index contributed by atoms with van der Waals surface area (Å²) in [4.78, 5) is 52.8. The molecule has 0 aliphatic carbocycles. The molecule has 2 aliphatic rings. The summed E-state index contributed by atoms with van der Waals surface area (Å²) in [6, 6.07) is 8.91. The molecule has 53 heavy (non-hydrogen) atoms. The molecular formula is C35H39F3N4O10S. The van der Waals surface area contributed by atoms with Gasteiger partial charge >= 0.3 is 17.9 Å². The quantitative estimate of drug-likeness (QED) is 0.158. The van der Waals surface area contributed by atoms with Crippen molar-refractivity contribution in [2.75, 3.05) is 31.3 Å². The van der Waals surface area contributed by atoms with Crippen molar-refractivity contribution in [1.82, 2.24) is 15.0 Å². The van der Waals surface area contributed by atoms with Crippen LogP contribution in [-0.2, 0) is 33.4 Å². The largest absolute Gasteiger partial charge is 0.481 e. The maximum absolute atomic E-state index is 14.5. The van der Waals surface area contributed by atoms with Crippen molar-refractivity contribution >= 4 is 41.3 Å². The number of amides is 1. The number of thioether (sulfide) groups is 1. The number of carbonyl (C=O) groups excluding carboxylic acids is 2. The minimum absolute atomic E-state index is 0.0538. The Morgan fingerprint density at radius 2 is 1.66 bits per heavy atom. The molecule has 2 aliphatic heterocycles. The van der Waals surface area contributed by atoms with Gasteiger partial charge in [-0.1, -0.05) is 23.4 Å². The number of hydrogen-bond donors (Lipinski definition) is 3. The lowest BCUT2D eigenvalue weighted by Crippen LogP contribution is -2.56. The number of halogens is 3. The van der Waals surface area contributed by atoms with Gasteiger partial charge in [-0.25, -0.2) is 17.9 Å². The van der Waals surface area contributed by atoms with E-state index in [1.54, 1.807) is 37.3 Å². The normalized spacial score (nSPS) is 23.2. The highest BCUT2D eigenvalue weighted by atomic mass is 32.2. The monoisotopic (exact) mass is 764 g/mol. The molecule has 0 spiro atoms. The van der Waals surface area contributed by atoms with Crippen molar-refractivity contribution in [1.29, 1.82) is 0 Å². The zero-order valence-corrected chi connectivity index (χ0v) is 29.6. The van der Waals surface area contributed by atoms with E-state index < -0.39 is 101 Å². The third-order valence-corrected chi connectivity index (χ3v) is 11.0. The number of ether oxygens (including phenoxy) is 3. The van der Waals surface area contributed by atoms with E-state index in [1.165, 1.54) is 11.1 Å². The third-order valence-electron chi connectivity index (χ3n) is 9.37. The Morgan fingerprint density at radius 1 is 1.04 bits per heavy atom. The number of benzene rings is 2. The van der Waals surface area contributed by atoms with Gasteiger partial charge in [0.15, 0.2) is 17.5 Å². The molecule has 2 fully saturated rings. The van der Waals surface area contributed by atoms with E-state index in [0.717, 1.165) is 23.4 Å². The number of esters is 1. The second kappa shape index (κ2) is 17.1. The van der Waals surface area contributed by atoms with Crippen molar-refractivity contribution in [3.8, 4) is 11.3 Å². The maximum atomic E-state index is 14.5. The number of aliphatic carboxylic acids is 2. The summed E-state index contributed by atoms with van der Waals surface area (Å²) in [5.41, 5.74) is -2.74. The summed E-state index contributed by atoms with van der Waals surface area (Å²) in [6.07, 6.45) is -1.20. The smallest absolute Gasteiger partial charge is 0.303 e. The number of aromatic nitrogens is 3. The Bertz CT molecular complexity index is 1770. The molecule has 286 valence electrons. The van der Waals surface area contributed by atoms with Crippen LogP contribution in [0.25, 0.3) is 11.3 Å². The molecule has 0 saturated carbocycles. The predicted molar refractivity (Wildman–Crippen MR) is 182 cm³/mol. The van der Waals surface area contributed by atoms with E-state index in [1.807, 2.05) is 0 Å². The highest BCUT2D eigenvalue weighted by Gasteiger charge is 2.53. The van der Waals surface area contributed by atoms with Crippen LogP contribution in [0.5, 0.6) is 0 Å². The van der Waals surface area contributed by atoms with Gasteiger partial charge in [0.05, 0.1) is 36.8 Å². The zero-order valence-electron chi connectivity index (χ0n) is 28.8. The predicted octanol–water partition coefficient (Wildman–Crippen LogP) is 4.07. The molecule has 0 bridgehead atoms. The molecule has 1 amide bonds. The van der Waals surface area contributed by atoms with Crippen molar-refractivity contribution in [3.05, 3.63) is 66.1 Å². The SMILES string of the molecule is CCN(C(=O)C(S[C@@H]1O[C@@H](COC(C)=O)[C@H](CC(=O)O)[C@H](n2cc(-c3cc(F)c(F)c(F)c3)nn2)[C@H]1CC(=O)O)C1(O)CCOCC1)c1ccccc1. The lowest BCUT2D eigenvalue weighted by molar-refractivity contribution is -0.167. The summed E-state index contributed by atoms with van der Waals surface area (Å²) in [7, 11) is 0. The van der Waals surface area contributed by atoms with E-state index in [0.29, 0.717) is 17.8 Å². The van der Waals surface area contributed by atoms with E-state index in [2.05, 4.69) is 10.3 Å². The first kappa shape index (κ1) is 39.7. The van der Waals surface area contributed by atoms with Crippen molar-refractivity contribution < 1.29 is 61.9 Å². The van der Waals surface area contributed by atoms with E-state index in [9.17, 15) is 47.7 Å². The summed E-state index contributed by atoms with van der Waals surface area (Å²) < 4.78 is 60.5. The Morgan fingerprint density at radius 3 is 2.25 bits per heavy atom. The Kier molecular flexibility index (Phi) is 12.8. The zero-order chi connectivity index (χ0) is 38.4. The van der Waals surface area contributed by atoms with E-state index in [4.69, 9.17) is 14.2 Å². The van der Waals surface area contributed by atoms with Gasteiger partial charge in [-0.15, -0.1) is 16.9 Å². The van der Waals surface area contributed by atoms with Crippen molar-refractivity contribution in [2.45, 2.75) is 68.0 Å². The highest BCUT2D eigenvalue weighted by molar-refractivity contribution is 8.01. The minimum atomic E-state index is -1.70. The Labute approximate surface area is 306 Å². The molecule has 3 heterocycles. The van der Waals surface area contributed by atoms with Crippen LogP contribution >= 0.6 is 11.8 Å². The fourth-order valence-electron chi connectivity index (χ4n) is 6.84. The van der Waals surface area contributed by atoms with Gasteiger partial charge < -0.3 is 34.4 Å². The van der Waals surface area contributed by atoms with Gasteiger partial charge in [0.25, 0.3) is 0 Å². The van der Waals surface area contributed by atoms with Crippen LogP contribution in [0, 0.1) is 29.3 Å². The van der Waals surface area contributed by atoms with Crippen LogP contribution in [0.1, 0.15) is 45.6 Å². The van der Waals surface area contributed by atoms with Gasteiger partial charge in [0.2, 0.25) is 5.91 Å². The lowest BCUT2D eigenvalue weighted by atomic mass is 9.79. The fraction of sp³-hybridized carbons (Fsp3) is 0.486. The Hall–Kier alpha value is -4.52. The number of rotatable bonds is 14. The van der Waals surface area contributed by atoms with Crippen LogP contribution in [0.3, 0.4) is 0 Å². The molecule has 3 N–H and O–H groups in total. The second-order valence-electron chi connectivity index (χ2n) is 12.8. The number of hydrogen-bond acceptors (Lipinski definition) is 11. The van der Waals surface area contributed by atoms with Crippen LogP contribution in [0.15, 0.2) is 48.7 Å². The molecule has 14 nitrogen and oxygen atoms in total. The molecular weight excluding hydrogens is 725 g/mol. The van der Waals surface area contributed by atoms with Gasteiger partial charge in [-0.3, -0.25) is 19.2 Å². The van der Waals surface area contributed by atoms with Crippen LogP contribution < -0.4 is 4.90 Å². The Balaban J connectivity index is 1.63. The fourth-order valence-corrected chi connectivity index (χ4v) is 8.51. The van der Waals surface area contributed by atoms with Crippen LogP contribution in [0.2, 0.25) is 0 Å². The number of nitrogens with zero attached hydrogens (tertiary/aromatic N) is 4. The molecule has 6 atom stereocenters. The van der Waals surface area contributed by atoms with Crippen molar-refractivity contribution in [3.63, 3.8) is 0 Å². The molecule has 2 aromatic carbocycles. The molecule has 0 radical (unpaired) electrons. The molecule has 18 heteroatoms. The maximum Gasteiger partial charge on any atom is 0.303 e. The number of carbonyl (C=O) groups is 4. The number of carboxylic acids is 2. The van der Waals surface area contributed by atoms with E-state index >= 15 is 0 Å². The number of aliphatic hydroxyl groups is 1. The summed E-state index contributed by atoms with van der Waals surface area (Å²) in [6.45, 7) is 2.89. The summed E-state index contributed by atoms with van der Waals surface area (Å²) >= 11 is 0.861. The van der Waals surface area contributed by atoms with Gasteiger partial charge in [0.1, 0.15) is 23.0 Å². The number of carboxylic acid groups (broad SMARTS) is 2. The first-order valence-corrected chi connectivity index (χ1v) is 17.8. The van der Waals surface area contributed by atoms with E-state index in [-0.39, 0.29) is 43.9 Å². The second-order valence-corrected chi connectivity index (χ2v) is 14.1. The van der Waals surface area contributed by atoms with Gasteiger partial charge in [-0.05, 0) is 31.2 Å². The summed E-state index contributed by atoms with van der Waals surface area (Å²) in [5, 5.41) is 39.1. The first-order valence-electron chi connectivity index (χ1n) is 16.8. The average Bonchev–Trinajstić information content (AvgIpc) is 3.60. The van der Waals surface area contributed by atoms with Crippen molar-refractivity contribution in [2.24, 2.45) is 11.8 Å².